The second kappa shape index (κ2) is 10.7. The summed E-state index contributed by atoms with van der Waals surface area (Å²) >= 11 is 0. The molecule has 10 nitrogen and oxygen atoms in total. The van der Waals surface area contributed by atoms with Gasteiger partial charge < -0.3 is 28.4 Å². The minimum Gasteiger partial charge on any atom is -0.468 e. The van der Waals surface area contributed by atoms with Crippen molar-refractivity contribution >= 4 is 11.9 Å². The summed E-state index contributed by atoms with van der Waals surface area (Å²) in [6, 6.07) is 7.72. The van der Waals surface area contributed by atoms with Gasteiger partial charge in [0.15, 0.2) is 18.3 Å². The van der Waals surface area contributed by atoms with Crippen molar-refractivity contribution in [2.75, 3.05) is 41.3 Å². The van der Waals surface area contributed by atoms with E-state index in [1.165, 1.54) is 14.2 Å². The highest BCUT2D eigenvalue weighted by atomic mass is 17.3. The lowest BCUT2D eigenvalue weighted by Gasteiger charge is -2.70. The van der Waals surface area contributed by atoms with Crippen molar-refractivity contribution in [3.63, 3.8) is 0 Å². The van der Waals surface area contributed by atoms with E-state index in [1.807, 2.05) is 31.2 Å². The molecule has 1 spiro atoms. The summed E-state index contributed by atoms with van der Waals surface area (Å²) in [6.07, 6.45) is 4.75. The molecule has 0 amide bonds. The number of hydrogen-bond donors (Lipinski definition) is 0. The average Bonchev–Trinajstić information content (AvgIpc) is 2.90. The number of rotatable bonds is 12. The van der Waals surface area contributed by atoms with E-state index in [-0.39, 0.29) is 37.3 Å². The Kier molecular flexibility index (Phi) is 7.72. The molecule has 38 heavy (non-hydrogen) atoms. The monoisotopic (exact) mass is 534 g/mol. The van der Waals surface area contributed by atoms with Crippen LogP contribution in [0.25, 0.3) is 0 Å². The first-order valence-electron chi connectivity index (χ1n) is 13.4. The Morgan fingerprint density at radius 3 is 2.32 bits per heavy atom. The van der Waals surface area contributed by atoms with E-state index in [9.17, 15) is 9.59 Å². The molecule has 1 saturated heterocycles. The molecular weight excluding hydrogens is 496 g/mol. The number of hydrogen-bond acceptors (Lipinski definition) is 10. The highest BCUT2D eigenvalue weighted by Crippen LogP contribution is 2.70. The third-order valence-corrected chi connectivity index (χ3v) is 8.96. The molecule has 1 aliphatic heterocycles. The van der Waals surface area contributed by atoms with E-state index in [1.54, 1.807) is 7.11 Å². The van der Waals surface area contributed by atoms with E-state index in [2.05, 4.69) is 0 Å². The Balaban J connectivity index is 1.33. The van der Waals surface area contributed by atoms with Crippen LogP contribution in [-0.4, -0.2) is 64.5 Å². The van der Waals surface area contributed by atoms with Crippen LogP contribution in [0.2, 0.25) is 0 Å². The van der Waals surface area contributed by atoms with Crippen LogP contribution in [-0.2, 0) is 48.8 Å². The summed E-state index contributed by atoms with van der Waals surface area (Å²) in [5.41, 5.74) is -0.119. The maximum atomic E-state index is 12.1. The van der Waals surface area contributed by atoms with Crippen molar-refractivity contribution in [3.8, 4) is 5.75 Å². The van der Waals surface area contributed by atoms with E-state index in [4.69, 9.17) is 38.2 Å². The lowest BCUT2D eigenvalue weighted by Crippen LogP contribution is -2.78. The maximum Gasteiger partial charge on any atom is 0.320 e. The molecule has 0 radical (unpaired) electrons. The Labute approximate surface area is 223 Å². The minimum atomic E-state index is -1.05. The second-order valence-corrected chi connectivity index (χ2v) is 10.8. The van der Waals surface area contributed by atoms with Crippen LogP contribution in [0.15, 0.2) is 24.3 Å². The Bertz CT molecular complexity index is 991. The molecule has 3 unspecified atom stereocenters. The van der Waals surface area contributed by atoms with Crippen LogP contribution in [0.4, 0.5) is 0 Å². The van der Waals surface area contributed by atoms with Crippen LogP contribution in [0.5, 0.6) is 5.75 Å². The van der Waals surface area contributed by atoms with Gasteiger partial charge in [0, 0.05) is 37.7 Å². The number of carbonyl (C=O) groups is 2. The fourth-order valence-corrected chi connectivity index (χ4v) is 7.54. The molecule has 4 saturated carbocycles. The summed E-state index contributed by atoms with van der Waals surface area (Å²) in [5, 5.41) is 0. The van der Waals surface area contributed by atoms with Crippen LogP contribution < -0.4 is 4.74 Å². The first-order chi connectivity index (χ1) is 18.4. The van der Waals surface area contributed by atoms with Gasteiger partial charge in [-0.05, 0) is 63.5 Å². The third kappa shape index (κ3) is 4.30. The van der Waals surface area contributed by atoms with Crippen LogP contribution >= 0.6 is 0 Å². The van der Waals surface area contributed by atoms with Gasteiger partial charge in [-0.15, -0.1) is 0 Å². The Morgan fingerprint density at radius 2 is 1.74 bits per heavy atom. The van der Waals surface area contributed by atoms with Gasteiger partial charge in [0.25, 0.3) is 5.79 Å². The largest absolute Gasteiger partial charge is 0.468 e. The molecule has 0 aromatic heterocycles. The average molecular weight is 535 g/mol. The molecule has 1 aromatic carbocycles. The summed E-state index contributed by atoms with van der Waals surface area (Å²) in [5.74, 6) is -1.76. The zero-order valence-corrected chi connectivity index (χ0v) is 22.6. The van der Waals surface area contributed by atoms with Crippen molar-refractivity contribution in [1.82, 2.24) is 0 Å². The standard InChI is InChI=1S/C28H38O10/c1-5-34-17-35-22-8-6-7-19(13-22)28(33-4)27(37-38-28)20-11-18-12-21(27)16-26(14-18,15-20)36-10-9-23(24(29)31-2)25(30)32-3/h6-8,13,18,20-21,23H,5,9-12,14-17H2,1-4H3. The molecule has 1 aromatic rings. The SMILES string of the molecule is CCOCOc1cccc(C2(OC)OOC23C2CC4CC3CC(OCCC(C(=O)OC)C(=O)OC)(C4)C2)c1. The maximum absolute atomic E-state index is 12.1. The molecule has 6 rings (SSSR count). The first kappa shape index (κ1) is 27.3. The Hall–Kier alpha value is -2.24. The van der Waals surface area contributed by atoms with Gasteiger partial charge in [0.2, 0.25) is 0 Å². The molecule has 4 aliphatic carbocycles. The molecule has 4 bridgehead atoms. The van der Waals surface area contributed by atoms with Gasteiger partial charge in [0.1, 0.15) is 5.75 Å². The van der Waals surface area contributed by atoms with Gasteiger partial charge in [-0.1, -0.05) is 12.1 Å². The topological polar surface area (TPSA) is 108 Å². The Morgan fingerprint density at radius 1 is 1.03 bits per heavy atom. The van der Waals surface area contributed by atoms with Gasteiger partial charge in [-0.2, -0.15) is 4.89 Å². The molecule has 3 atom stereocenters. The van der Waals surface area contributed by atoms with Gasteiger partial charge >= 0.3 is 11.9 Å². The molecule has 1 heterocycles. The summed E-state index contributed by atoms with van der Waals surface area (Å²) in [7, 11) is 4.19. The van der Waals surface area contributed by atoms with Crippen molar-refractivity contribution in [3.05, 3.63) is 29.8 Å². The lowest BCUT2D eigenvalue weighted by molar-refractivity contribution is -0.647. The van der Waals surface area contributed by atoms with Crippen LogP contribution in [0.3, 0.4) is 0 Å². The van der Waals surface area contributed by atoms with E-state index in [0.717, 1.165) is 37.7 Å². The number of methoxy groups -OCH3 is 3. The number of carbonyl (C=O) groups excluding carboxylic acids is 2. The fourth-order valence-electron chi connectivity index (χ4n) is 7.54. The number of esters is 2. The highest BCUT2D eigenvalue weighted by molar-refractivity contribution is 5.94. The summed E-state index contributed by atoms with van der Waals surface area (Å²) in [6.45, 7) is 2.92. The normalized spacial score (nSPS) is 34.8. The van der Waals surface area contributed by atoms with Gasteiger partial charge in [-0.25, -0.2) is 4.89 Å². The van der Waals surface area contributed by atoms with E-state index < -0.39 is 29.2 Å². The van der Waals surface area contributed by atoms with Gasteiger partial charge in [0.05, 0.1) is 19.8 Å². The summed E-state index contributed by atoms with van der Waals surface area (Å²) < 4.78 is 33.4. The molecule has 210 valence electrons. The predicted molar refractivity (Wildman–Crippen MR) is 132 cm³/mol. The quantitative estimate of drug-likeness (QED) is 0.130. The summed E-state index contributed by atoms with van der Waals surface area (Å²) in [4.78, 5) is 36.2. The van der Waals surface area contributed by atoms with E-state index >= 15 is 0 Å². The molecule has 5 aliphatic rings. The highest BCUT2D eigenvalue weighted by Gasteiger charge is 2.78. The van der Waals surface area contributed by atoms with Crippen molar-refractivity contribution in [2.24, 2.45) is 23.7 Å². The first-order valence-corrected chi connectivity index (χ1v) is 13.4. The fraction of sp³-hybridized carbons (Fsp3) is 0.714. The smallest absolute Gasteiger partial charge is 0.320 e. The molecule has 0 N–H and O–H groups in total. The lowest BCUT2D eigenvalue weighted by atomic mass is 9.45. The zero-order valence-electron chi connectivity index (χ0n) is 22.6. The second-order valence-electron chi connectivity index (χ2n) is 10.8. The van der Waals surface area contributed by atoms with Crippen molar-refractivity contribution < 1.29 is 47.8 Å². The zero-order chi connectivity index (χ0) is 27.0. The van der Waals surface area contributed by atoms with E-state index in [0.29, 0.717) is 18.3 Å². The molecule has 5 fully saturated rings. The minimum absolute atomic E-state index is 0.160. The van der Waals surface area contributed by atoms with Crippen molar-refractivity contribution in [1.29, 1.82) is 0 Å². The number of ether oxygens (including phenoxy) is 6. The molecule has 10 heteroatoms. The van der Waals surface area contributed by atoms with Crippen molar-refractivity contribution in [2.45, 2.75) is 62.4 Å². The van der Waals surface area contributed by atoms with Crippen LogP contribution in [0, 0.1) is 23.7 Å². The predicted octanol–water partition coefficient (Wildman–Crippen LogP) is 3.51. The van der Waals surface area contributed by atoms with Gasteiger partial charge in [-0.3, -0.25) is 9.59 Å². The third-order valence-electron chi connectivity index (χ3n) is 8.96. The molecular formula is C28H38O10. The number of benzene rings is 1. The van der Waals surface area contributed by atoms with Crippen LogP contribution in [0.1, 0.15) is 51.0 Å².